The molecule has 0 N–H and O–H groups in total. The molecule has 1 atom stereocenters. The minimum Gasteiger partial charge on any atom is -0.484 e. The fourth-order valence-corrected chi connectivity index (χ4v) is 2.95. The molecule has 5 nitrogen and oxygen atoms in total. The third-order valence-electron chi connectivity index (χ3n) is 3.87. The van der Waals surface area contributed by atoms with Crippen molar-refractivity contribution in [1.82, 2.24) is 4.90 Å². The largest absolute Gasteiger partial charge is 0.484 e. The molecule has 1 saturated heterocycles. The van der Waals surface area contributed by atoms with Gasteiger partial charge in [0.2, 0.25) is 0 Å². The van der Waals surface area contributed by atoms with Crippen molar-refractivity contribution in [3.05, 3.63) is 29.3 Å². The van der Waals surface area contributed by atoms with Gasteiger partial charge in [-0.25, -0.2) is 0 Å². The van der Waals surface area contributed by atoms with Crippen LogP contribution in [0, 0.1) is 13.8 Å². The van der Waals surface area contributed by atoms with Crippen LogP contribution in [-0.4, -0.2) is 55.9 Å². The van der Waals surface area contributed by atoms with Gasteiger partial charge in [-0.05, 0) is 39.3 Å². The van der Waals surface area contributed by atoms with Crippen LogP contribution in [0.1, 0.15) is 25.0 Å². The van der Waals surface area contributed by atoms with E-state index in [1.54, 1.807) is 12.0 Å². The Hall–Kier alpha value is -1.59. The molecule has 1 aromatic carbocycles. The van der Waals surface area contributed by atoms with E-state index in [4.69, 9.17) is 14.2 Å². The summed E-state index contributed by atoms with van der Waals surface area (Å²) >= 11 is 0. The number of nitrogens with zero attached hydrogens (tertiary/aromatic N) is 1. The molecule has 0 bridgehead atoms. The molecule has 0 radical (unpaired) electrons. The number of rotatable bonds is 5. The van der Waals surface area contributed by atoms with Crippen molar-refractivity contribution in [2.45, 2.75) is 39.4 Å². The number of aryl methyl sites for hydroxylation is 2. The molecule has 1 unspecified atom stereocenters. The number of methoxy groups -OCH3 is 1. The van der Waals surface area contributed by atoms with Crippen LogP contribution in [0.25, 0.3) is 0 Å². The van der Waals surface area contributed by atoms with Gasteiger partial charge in [-0.3, -0.25) is 4.79 Å². The van der Waals surface area contributed by atoms with E-state index >= 15 is 0 Å². The number of ether oxygens (including phenoxy) is 3. The number of hydrogen-bond donors (Lipinski definition) is 0. The summed E-state index contributed by atoms with van der Waals surface area (Å²) in [6, 6.07) is 5.94. The standard InChI is InChI=1S/C18H27NO4/c1-13-6-7-16(14(2)8-13)22-11-17(20)19-9-15(10-21-5)23-18(3,4)12-19/h6-8,15H,9-12H2,1-5H3. The summed E-state index contributed by atoms with van der Waals surface area (Å²) in [5.41, 5.74) is 1.84. The van der Waals surface area contributed by atoms with Crippen LogP contribution in [0.3, 0.4) is 0 Å². The Balaban J connectivity index is 1.96. The summed E-state index contributed by atoms with van der Waals surface area (Å²) in [6.45, 7) is 9.60. The van der Waals surface area contributed by atoms with Gasteiger partial charge < -0.3 is 19.1 Å². The highest BCUT2D eigenvalue weighted by Crippen LogP contribution is 2.22. The maximum Gasteiger partial charge on any atom is 0.260 e. The zero-order valence-electron chi connectivity index (χ0n) is 14.7. The van der Waals surface area contributed by atoms with Crippen LogP contribution >= 0.6 is 0 Å². The van der Waals surface area contributed by atoms with Crippen LogP contribution in [0.5, 0.6) is 5.75 Å². The highest BCUT2D eigenvalue weighted by Gasteiger charge is 2.35. The second-order valence-electron chi connectivity index (χ2n) is 6.79. The van der Waals surface area contributed by atoms with Crippen molar-refractivity contribution in [2.75, 3.05) is 33.4 Å². The zero-order chi connectivity index (χ0) is 17.0. The van der Waals surface area contributed by atoms with Crippen molar-refractivity contribution in [3.63, 3.8) is 0 Å². The highest BCUT2D eigenvalue weighted by molar-refractivity contribution is 5.78. The SMILES string of the molecule is COCC1CN(C(=O)COc2ccc(C)cc2C)CC(C)(C)O1. The first-order valence-electron chi connectivity index (χ1n) is 7.95. The molecule has 23 heavy (non-hydrogen) atoms. The Morgan fingerprint density at radius 1 is 1.39 bits per heavy atom. The fraction of sp³-hybridized carbons (Fsp3) is 0.611. The first-order chi connectivity index (χ1) is 10.8. The van der Waals surface area contributed by atoms with Gasteiger partial charge in [0.1, 0.15) is 5.75 Å². The highest BCUT2D eigenvalue weighted by atomic mass is 16.5. The maximum absolute atomic E-state index is 12.5. The van der Waals surface area contributed by atoms with Gasteiger partial charge in [-0.2, -0.15) is 0 Å². The Morgan fingerprint density at radius 3 is 2.78 bits per heavy atom. The fourth-order valence-electron chi connectivity index (χ4n) is 2.95. The summed E-state index contributed by atoms with van der Waals surface area (Å²) < 4.78 is 16.8. The smallest absolute Gasteiger partial charge is 0.260 e. The lowest BCUT2D eigenvalue weighted by Gasteiger charge is -2.42. The maximum atomic E-state index is 12.5. The predicted octanol–water partition coefficient (Wildman–Crippen LogP) is 2.33. The molecule has 2 rings (SSSR count). The average molecular weight is 321 g/mol. The molecule has 0 aromatic heterocycles. The topological polar surface area (TPSA) is 48.0 Å². The number of carbonyl (C=O) groups excluding carboxylic acids is 1. The van der Waals surface area contributed by atoms with E-state index in [-0.39, 0.29) is 24.2 Å². The third kappa shape index (κ3) is 4.94. The lowest BCUT2D eigenvalue weighted by molar-refractivity contribution is -0.170. The van der Waals surface area contributed by atoms with Crippen molar-refractivity contribution in [1.29, 1.82) is 0 Å². The summed E-state index contributed by atoms with van der Waals surface area (Å²) in [6.07, 6.45) is -0.103. The van der Waals surface area contributed by atoms with Gasteiger partial charge >= 0.3 is 0 Å². The molecule has 1 aromatic rings. The Morgan fingerprint density at radius 2 is 2.13 bits per heavy atom. The van der Waals surface area contributed by atoms with E-state index in [1.165, 1.54) is 5.56 Å². The number of benzene rings is 1. The Labute approximate surface area is 138 Å². The molecule has 5 heteroatoms. The normalized spacial score (nSPS) is 20.4. The summed E-state index contributed by atoms with van der Waals surface area (Å²) in [7, 11) is 1.64. The van der Waals surface area contributed by atoms with Crippen molar-refractivity contribution >= 4 is 5.91 Å². The first kappa shape index (κ1) is 17.8. The average Bonchev–Trinajstić information content (AvgIpc) is 2.44. The molecular formula is C18H27NO4. The van der Waals surface area contributed by atoms with Crippen LogP contribution in [0.4, 0.5) is 0 Å². The second-order valence-corrected chi connectivity index (χ2v) is 6.79. The van der Waals surface area contributed by atoms with E-state index in [2.05, 4.69) is 0 Å². The van der Waals surface area contributed by atoms with Crippen LogP contribution in [-0.2, 0) is 14.3 Å². The van der Waals surface area contributed by atoms with Crippen LogP contribution in [0.15, 0.2) is 18.2 Å². The Kier molecular flexibility index (Phi) is 5.65. The lowest BCUT2D eigenvalue weighted by atomic mass is 10.1. The van der Waals surface area contributed by atoms with Crippen LogP contribution < -0.4 is 4.74 Å². The zero-order valence-corrected chi connectivity index (χ0v) is 14.7. The van der Waals surface area contributed by atoms with Gasteiger partial charge in [-0.15, -0.1) is 0 Å². The molecule has 0 spiro atoms. The minimum atomic E-state index is -0.378. The van der Waals surface area contributed by atoms with Gasteiger partial charge in [0.25, 0.3) is 5.91 Å². The first-order valence-corrected chi connectivity index (χ1v) is 7.95. The number of amides is 1. The number of morpholine rings is 1. The predicted molar refractivity (Wildman–Crippen MR) is 88.8 cm³/mol. The molecular weight excluding hydrogens is 294 g/mol. The van der Waals surface area contributed by atoms with E-state index in [0.29, 0.717) is 19.7 Å². The molecule has 1 heterocycles. The quantitative estimate of drug-likeness (QED) is 0.835. The van der Waals surface area contributed by atoms with Crippen molar-refractivity contribution in [3.8, 4) is 5.75 Å². The Bertz CT molecular complexity index is 556. The van der Waals surface area contributed by atoms with E-state index < -0.39 is 0 Å². The van der Waals surface area contributed by atoms with Gasteiger partial charge in [0, 0.05) is 20.2 Å². The second kappa shape index (κ2) is 7.32. The molecule has 1 fully saturated rings. The monoisotopic (exact) mass is 321 g/mol. The van der Waals surface area contributed by atoms with E-state index in [0.717, 1.165) is 11.3 Å². The van der Waals surface area contributed by atoms with Gasteiger partial charge in [0.15, 0.2) is 6.61 Å². The van der Waals surface area contributed by atoms with E-state index in [1.807, 2.05) is 45.9 Å². The number of carbonyl (C=O) groups is 1. The minimum absolute atomic E-state index is 0.0255. The molecule has 0 aliphatic carbocycles. The van der Waals surface area contributed by atoms with Crippen molar-refractivity contribution in [2.24, 2.45) is 0 Å². The molecule has 1 amide bonds. The third-order valence-corrected chi connectivity index (χ3v) is 3.87. The van der Waals surface area contributed by atoms with E-state index in [9.17, 15) is 4.79 Å². The summed E-state index contributed by atoms with van der Waals surface area (Å²) in [5, 5.41) is 0. The summed E-state index contributed by atoms with van der Waals surface area (Å²) in [5.74, 6) is 0.729. The van der Waals surface area contributed by atoms with Crippen LogP contribution in [0.2, 0.25) is 0 Å². The van der Waals surface area contributed by atoms with Gasteiger partial charge in [0.05, 0.1) is 18.3 Å². The van der Waals surface area contributed by atoms with Crippen molar-refractivity contribution < 1.29 is 19.0 Å². The molecule has 0 saturated carbocycles. The lowest BCUT2D eigenvalue weighted by Crippen LogP contribution is -2.56. The summed E-state index contributed by atoms with van der Waals surface area (Å²) in [4.78, 5) is 14.3. The van der Waals surface area contributed by atoms with Gasteiger partial charge in [-0.1, -0.05) is 17.7 Å². The molecule has 1 aliphatic rings. The molecule has 1 aliphatic heterocycles. The molecule has 128 valence electrons. The number of hydrogen-bond acceptors (Lipinski definition) is 4.